The van der Waals surface area contributed by atoms with Crippen LogP contribution in [0.5, 0.6) is 11.5 Å². The van der Waals surface area contributed by atoms with Crippen molar-refractivity contribution in [3.8, 4) is 11.5 Å². The van der Waals surface area contributed by atoms with Crippen molar-refractivity contribution in [1.82, 2.24) is 0 Å². The fraction of sp³-hybridized carbons (Fsp3) is 0.194. The van der Waals surface area contributed by atoms with E-state index in [1.165, 1.54) is 0 Å². The van der Waals surface area contributed by atoms with Crippen molar-refractivity contribution in [1.29, 1.82) is 0 Å². The van der Waals surface area contributed by atoms with Crippen molar-refractivity contribution in [2.75, 3.05) is 19.1 Å². The molecule has 0 amide bonds. The molecule has 0 unspecified atom stereocenters. The van der Waals surface area contributed by atoms with E-state index in [4.69, 9.17) is 21.1 Å². The third-order valence-electron chi connectivity index (χ3n) is 9.14. The zero-order valence-electron chi connectivity index (χ0n) is 23.8. The maximum atomic E-state index is 14.9. The molecule has 7 rings (SSSR count). The SMILES string of the molecule is COc1ccc(OC)c([C@@H]2[C@H](C(=O)c3ccc(C)cc3)N3c4ccc(Cl)cc4C=C[C@H]3C23C(=O)c2ccccc2C3=O)c1. The number of fused-ring (bicyclic) bond motifs is 5. The number of ketones is 3. The Kier molecular flexibility index (Phi) is 6.29. The van der Waals surface area contributed by atoms with E-state index in [2.05, 4.69) is 0 Å². The lowest BCUT2D eigenvalue weighted by molar-refractivity contribution is 0.0664. The van der Waals surface area contributed by atoms with Crippen LogP contribution in [0.25, 0.3) is 6.08 Å². The molecule has 2 aliphatic heterocycles. The fourth-order valence-corrected chi connectivity index (χ4v) is 7.44. The smallest absolute Gasteiger partial charge is 0.185 e. The maximum Gasteiger partial charge on any atom is 0.185 e. The largest absolute Gasteiger partial charge is 0.497 e. The molecule has 1 spiro atoms. The van der Waals surface area contributed by atoms with E-state index in [1.54, 1.807) is 74.9 Å². The minimum atomic E-state index is -1.65. The van der Waals surface area contributed by atoms with Gasteiger partial charge in [-0.3, -0.25) is 14.4 Å². The Bertz CT molecular complexity index is 1830. The highest BCUT2D eigenvalue weighted by molar-refractivity contribution is 6.33. The third kappa shape index (κ3) is 3.76. The molecule has 4 aromatic carbocycles. The topological polar surface area (TPSA) is 72.9 Å². The van der Waals surface area contributed by atoms with E-state index in [0.29, 0.717) is 38.8 Å². The van der Waals surface area contributed by atoms with Crippen molar-refractivity contribution < 1.29 is 23.9 Å². The Balaban J connectivity index is 1.58. The number of methoxy groups -OCH3 is 2. The molecule has 1 aliphatic carbocycles. The van der Waals surface area contributed by atoms with Crippen molar-refractivity contribution in [3.63, 3.8) is 0 Å². The van der Waals surface area contributed by atoms with Gasteiger partial charge in [0.25, 0.3) is 0 Å². The predicted molar refractivity (Wildman–Crippen MR) is 166 cm³/mol. The van der Waals surface area contributed by atoms with Gasteiger partial charge in [0.15, 0.2) is 17.3 Å². The first-order valence-electron chi connectivity index (χ1n) is 14.1. The molecule has 0 bridgehead atoms. The number of rotatable bonds is 5. The number of Topliss-reactive ketones (excluding diaryl/α,β-unsaturated/α-hetero) is 3. The number of carbonyl (C=O) groups is 3. The number of carbonyl (C=O) groups excluding carboxylic acids is 3. The molecule has 0 aromatic heterocycles. The van der Waals surface area contributed by atoms with Crippen LogP contribution in [-0.4, -0.2) is 43.7 Å². The third-order valence-corrected chi connectivity index (χ3v) is 9.38. The van der Waals surface area contributed by atoms with Gasteiger partial charge in [-0.1, -0.05) is 77.8 Å². The number of halogens is 1. The van der Waals surface area contributed by atoms with Gasteiger partial charge in [0.1, 0.15) is 23.0 Å². The Morgan fingerprint density at radius 2 is 1.56 bits per heavy atom. The molecule has 214 valence electrons. The van der Waals surface area contributed by atoms with E-state index >= 15 is 0 Å². The highest BCUT2D eigenvalue weighted by atomic mass is 35.5. The molecule has 1 fully saturated rings. The van der Waals surface area contributed by atoms with E-state index < -0.39 is 23.4 Å². The summed E-state index contributed by atoms with van der Waals surface area (Å²) in [5.74, 6) is -0.753. The lowest BCUT2D eigenvalue weighted by Crippen LogP contribution is -2.48. The van der Waals surface area contributed by atoms with Crippen LogP contribution in [0.15, 0.2) is 91.0 Å². The van der Waals surface area contributed by atoms with Crippen molar-refractivity contribution in [3.05, 3.63) is 129 Å². The second-order valence-corrected chi connectivity index (χ2v) is 11.7. The molecule has 4 aromatic rings. The number of hydrogen-bond donors (Lipinski definition) is 0. The van der Waals surface area contributed by atoms with Crippen LogP contribution in [0.3, 0.4) is 0 Å². The lowest BCUT2D eigenvalue weighted by atomic mass is 9.64. The molecular weight excluding hydrogens is 562 g/mol. The van der Waals surface area contributed by atoms with Gasteiger partial charge in [0.2, 0.25) is 0 Å². The Morgan fingerprint density at radius 1 is 0.860 bits per heavy atom. The van der Waals surface area contributed by atoms with Crippen LogP contribution in [0.2, 0.25) is 5.02 Å². The van der Waals surface area contributed by atoms with Gasteiger partial charge >= 0.3 is 0 Å². The molecule has 0 saturated carbocycles. The summed E-state index contributed by atoms with van der Waals surface area (Å²) in [6.45, 7) is 1.96. The van der Waals surface area contributed by atoms with Crippen molar-refractivity contribution in [2.45, 2.75) is 24.9 Å². The summed E-state index contributed by atoms with van der Waals surface area (Å²) in [7, 11) is 3.10. The van der Waals surface area contributed by atoms with Crippen LogP contribution in [0, 0.1) is 12.3 Å². The predicted octanol–water partition coefficient (Wildman–Crippen LogP) is 6.98. The van der Waals surface area contributed by atoms with Gasteiger partial charge in [-0.15, -0.1) is 0 Å². The van der Waals surface area contributed by atoms with Crippen LogP contribution in [0.4, 0.5) is 5.69 Å². The second-order valence-electron chi connectivity index (χ2n) is 11.2. The lowest BCUT2D eigenvalue weighted by Gasteiger charge is -2.37. The summed E-state index contributed by atoms with van der Waals surface area (Å²) >= 11 is 6.40. The highest BCUT2D eigenvalue weighted by Crippen LogP contribution is 2.62. The summed E-state index contributed by atoms with van der Waals surface area (Å²) in [5.41, 5.74) is 2.65. The van der Waals surface area contributed by atoms with E-state index in [0.717, 1.165) is 16.8 Å². The number of nitrogens with zero attached hydrogens (tertiary/aromatic N) is 1. The number of ether oxygens (including phenoxy) is 2. The second kappa shape index (κ2) is 9.96. The molecule has 2 heterocycles. The first kappa shape index (κ1) is 27.2. The summed E-state index contributed by atoms with van der Waals surface area (Å²) < 4.78 is 11.5. The van der Waals surface area contributed by atoms with Crippen LogP contribution in [-0.2, 0) is 0 Å². The number of benzene rings is 4. The number of anilines is 1. The standard InChI is InChI=1S/C36H28ClNO5/c1-20-8-10-21(11-9-20)33(39)32-31(27-19-24(42-2)14-16-29(27)43-3)36(34(40)25-6-4-5-7-26(25)35(36)41)30-17-12-22-18-23(37)13-15-28(22)38(30)32/h4-19,30-32H,1-3H3/t30-,31+,32+/m0/s1. The van der Waals surface area contributed by atoms with Gasteiger partial charge in [-0.2, -0.15) is 0 Å². The quantitative estimate of drug-likeness (QED) is 0.185. The average molecular weight is 590 g/mol. The molecule has 3 aliphatic rings. The molecule has 6 nitrogen and oxygen atoms in total. The van der Waals surface area contributed by atoms with Gasteiger partial charge < -0.3 is 14.4 Å². The first-order chi connectivity index (χ1) is 20.8. The molecule has 0 N–H and O–H groups in total. The summed E-state index contributed by atoms with van der Waals surface area (Å²) in [6, 6.07) is 23.4. The zero-order chi connectivity index (χ0) is 30.0. The minimum Gasteiger partial charge on any atom is -0.497 e. The molecular formula is C36H28ClNO5. The van der Waals surface area contributed by atoms with Gasteiger partial charge in [0.05, 0.1) is 20.3 Å². The Hall–Kier alpha value is -4.68. The van der Waals surface area contributed by atoms with Crippen LogP contribution >= 0.6 is 11.6 Å². The molecule has 1 saturated heterocycles. The molecule has 0 radical (unpaired) electrons. The van der Waals surface area contributed by atoms with Crippen LogP contribution in [0.1, 0.15) is 53.7 Å². The molecule has 3 atom stereocenters. The van der Waals surface area contributed by atoms with E-state index in [9.17, 15) is 14.4 Å². The van der Waals surface area contributed by atoms with Crippen molar-refractivity contribution in [2.24, 2.45) is 5.41 Å². The van der Waals surface area contributed by atoms with E-state index in [-0.39, 0.29) is 17.3 Å². The van der Waals surface area contributed by atoms with E-state index in [1.807, 2.05) is 48.2 Å². The van der Waals surface area contributed by atoms with Crippen molar-refractivity contribution >= 4 is 40.7 Å². The highest BCUT2D eigenvalue weighted by Gasteiger charge is 2.72. The van der Waals surface area contributed by atoms with Gasteiger partial charge in [-0.05, 0) is 48.9 Å². The Labute approximate surface area is 254 Å². The number of aryl methyl sites for hydroxylation is 1. The van der Waals surface area contributed by atoms with Gasteiger partial charge in [-0.25, -0.2) is 0 Å². The monoisotopic (exact) mass is 589 g/mol. The molecule has 7 heteroatoms. The summed E-state index contributed by atoms with van der Waals surface area (Å²) in [4.78, 5) is 46.5. The maximum absolute atomic E-state index is 14.9. The summed E-state index contributed by atoms with van der Waals surface area (Å²) in [6.07, 6.45) is 3.77. The Morgan fingerprint density at radius 3 is 2.21 bits per heavy atom. The molecule has 43 heavy (non-hydrogen) atoms. The number of hydrogen-bond acceptors (Lipinski definition) is 6. The fourth-order valence-electron chi connectivity index (χ4n) is 7.26. The summed E-state index contributed by atoms with van der Waals surface area (Å²) in [5, 5.41) is 0.545. The first-order valence-corrected chi connectivity index (χ1v) is 14.5. The van der Waals surface area contributed by atoms with Gasteiger partial charge in [0, 0.05) is 38.9 Å². The van der Waals surface area contributed by atoms with Crippen LogP contribution < -0.4 is 14.4 Å². The normalized spacial score (nSPS) is 21.0. The average Bonchev–Trinajstić information content (AvgIpc) is 3.46. The minimum absolute atomic E-state index is 0.204. The zero-order valence-corrected chi connectivity index (χ0v) is 24.6.